The van der Waals surface area contributed by atoms with Crippen LogP contribution in [0.3, 0.4) is 0 Å². The molecule has 1 unspecified atom stereocenters. The first-order valence-electron chi connectivity index (χ1n) is 8.51. The van der Waals surface area contributed by atoms with Crippen molar-refractivity contribution in [3.8, 4) is 11.5 Å². The maximum absolute atomic E-state index is 12.1. The first kappa shape index (κ1) is 19.0. The summed E-state index contributed by atoms with van der Waals surface area (Å²) in [6, 6.07) is 12.1. The van der Waals surface area contributed by atoms with E-state index in [1.54, 1.807) is 6.07 Å². The minimum atomic E-state index is -0.431. The molecule has 2 aromatic rings. The second-order valence-electron chi connectivity index (χ2n) is 5.98. The average molecular weight is 434 g/mol. The van der Waals surface area contributed by atoms with E-state index in [4.69, 9.17) is 9.47 Å². The molecule has 27 heavy (non-hydrogen) atoms. The number of halogens is 1. The van der Waals surface area contributed by atoms with Crippen LogP contribution in [0.4, 0.5) is 10.5 Å². The van der Waals surface area contributed by atoms with Crippen molar-refractivity contribution in [2.75, 3.05) is 25.1 Å². The van der Waals surface area contributed by atoms with Gasteiger partial charge in [0.05, 0.1) is 18.3 Å². The minimum Gasteiger partial charge on any atom is -0.486 e. The number of hydrogen-bond donors (Lipinski definition) is 3. The van der Waals surface area contributed by atoms with Gasteiger partial charge in [-0.05, 0) is 52.7 Å². The molecule has 2 aromatic carbocycles. The predicted molar refractivity (Wildman–Crippen MR) is 105 cm³/mol. The number of urea groups is 1. The maximum atomic E-state index is 12.1. The standard InChI is InChI=1S/C19H20BrN3O4/c1-12(13-6-7-16-17(10-13)27-9-8-26-16)22-19(25)21-11-18(24)23-15-5-3-2-4-14(15)20/h2-7,10,12H,8-9,11H2,1H3,(H,23,24)(H2,21,22,25). The van der Waals surface area contributed by atoms with Gasteiger partial charge in [-0.2, -0.15) is 0 Å². The Bertz CT molecular complexity index is 843. The highest BCUT2D eigenvalue weighted by Crippen LogP contribution is 2.32. The van der Waals surface area contributed by atoms with Gasteiger partial charge >= 0.3 is 6.03 Å². The third-order valence-corrected chi connectivity index (χ3v) is 4.66. The normalized spacial score (nSPS) is 13.4. The summed E-state index contributed by atoms with van der Waals surface area (Å²) in [5.74, 6) is 1.05. The quantitative estimate of drug-likeness (QED) is 0.675. The van der Waals surface area contributed by atoms with E-state index in [9.17, 15) is 9.59 Å². The van der Waals surface area contributed by atoms with Crippen molar-refractivity contribution in [2.45, 2.75) is 13.0 Å². The van der Waals surface area contributed by atoms with Crippen molar-refractivity contribution >= 4 is 33.6 Å². The first-order chi connectivity index (χ1) is 13.0. The lowest BCUT2D eigenvalue weighted by molar-refractivity contribution is -0.115. The molecule has 1 aliphatic rings. The Morgan fingerprint density at radius 3 is 2.63 bits per heavy atom. The van der Waals surface area contributed by atoms with Crippen LogP contribution in [0.25, 0.3) is 0 Å². The van der Waals surface area contributed by atoms with Gasteiger partial charge in [-0.3, -0.25) is 4.79 Å². The third kappa shape index (κ3) is 5.13. The molecule has 1 heterocycles. The van der Waals surface area contributed by atoms with Crippen molar-refractivity contribution < 1.29 is 19.1 Å². The molecule has 8 heteroatoms. The number of rotatable bonds is 5. The van der Waals surface area contributed by atoms with Crippen LogP contribution >= 0.6 is 15.9 Å². The van der Waals surface area contributed by atoms with Crippen molar-refractivity contribution in [1.29, 1.82) is 0 Å². The second kappa shape index (κ2) is 8.77. The van der Waals surface area contributed by atoms with Crippen LogP contribution in [0.5, 0.6) is 11.5 Å². The summed E-state index contributed by atoms with van der Waals surface area (Å²) in [6.07, 6.45) is 0. The van der Waals surface area contributed by atoms with E-state index in [0.717, 1.165) is 10.0 Å². The fourth-order valence-corrected chi connectivity index (χ4v) is 2.96. The molecular weight excluding hydrogens is 414 g/mol. The van der Waals surface area contributed by atoms with E-state index in [0.29, 0.717) is 30.4 Å². The van der Waals surface area contributed by atoms with Crippen LogP contribution in [0.2, 0.25) is 0 Å². The van der Waals surface area contributed by atoms with E-state index in [1.165, 1.54) is 0 Å². The Balaban J connectivity index is 1.48. The topological polar surface area (TPSA) is 88.7 Å². The zero-order valence-electron chi connectivity index (χ0n) is 14.8. The first-order valence-corrected chi connectivity index (χ1v) is 9.30. The summed E-state index contributed by atoms with van der Waals surface area (Å²) in [7, 11) is 0. The average Bonchev–Trinajstić information content (AvgIpc) is 2.68. The van der Waals surface area contributed by atoms with Gasteiger partial charge in [0.15, 0.2) is 11.5 Å². The van der Waals surface area contributed by atoms with Gasteiger partial charge in [0.2, 0.25) is 5.91 Å². The molecule has 1 atom stereocenters. The summed E-state index contributed by atoms with van der Waals surface area (Å²) in [5, 5.41) is 8.08. The summed E-state index contributed by atoms with van der Waals surface area (Å²) in [4.78, 5) is 24.1. The van der Waals surface area contributed by atoms with Crippen LogP contribution in [-0.4, -0.2) is 31.7 Å². The Hall–Kier alpha value is -2.74. The lowest BCUT2D eigenvalue weighted by Gasteiger charge is -2.21. The van der Waals surface area contributed by atoms with Gasteiger partial charge in [-0.25, -0.2) is 4.79 Å². The van der Waals surface area contributed by atoms with Gasteiger partial charge in [0.1, 0.15) is 13.2 Å². The molecule has 0 saturated carbocycles. The van der Waals surface area contributed by atoms with Crippen LogP contribution < -0.4 is 25.4 Å². The Morgan fingerprint density at radius 2 is 1.85 bits per heavy atom. The molecule has 0 fully saturated rings. The van der Waals surface area contributed by atoms with E-state index in [1.807, 2.05) is 43.3 Å². The summed E-state index contributed by atoms with van der Waals surface area (Å²) in [6.45, 7) is 2.75. The molecule has 7 nitrogen and oxygen atoms in total. The van der Waals surface area contributed by atoms with Gasteiger partial charge in [0, 0.05) is 4.47 Å². The van der Waals surface area contributed by atoms with Gasteiger partial charge in [-0.1, -0.05) is 18.2 Å². The molecule has 0 saturated heterocycles. The van der Waals surface area contributed by atoms with Crippen LogP contribution in [0, 0.1) is 0 Å². The predicted octanol–water partition coefficient (Wildman–Crippen LogP) is 3.22. The van der Waals surface area contributed by atoms with E-state index in [2.05, 4.69) is 31.9 Å². The monoisotopic (exact) mass is 433 g/mol. The third-order valence-electron chi connectivity index (χ3n) is 3.97. The molecule has 142 valence electrons. The highest BCUT2D eigenvalue weighted by Gasteiger charge is 2.16. The smallest absolute Gasteiger partial charge is 0.315 e. The van der Waals surface area contributed by atoms with Gasteiger partial charge in [0.25, 0.3) is 0 Å². The fourth-order valence-electron chi connectivity index (χ4n) is 2.58. The van der Waals surface area contributed by atoms with E-state index < -0.39 is 6.03 Å². The van der Waals surface area contributed by atoms with Crippen molar-refractivity contribution in [3.05, 3.63) is 52.5 Å². The summed E-state index contributed by atoms with van der Waals surface area (Å²) < 4.78 is 11.8. The Labute approximate surface area is 165 Å². The maximum Gasteiger partial charge on any atom is 0.315 e. The lowest BCUT2D eigenvalue weighted by atomic mass is 10.1. The number of ether oxygens (including phenoxy) is 2. The minimum absolute atomic E-state index is 0.138. The Kier molecular flexibility index (Phi) is 6.18. The van der Waals surface area contributed by atoms with Crippen LogP contribution in [-0.2, 0) is 4.79 Å². The van der Waals surface area contributed by atoms with Crippen molar-refractivity contribution in [3.63, 3.8) is 0 Å². The molecular formula is C19H20BrN3O4. The summed E-state index contributed by atoms with van der Waals surface area (Å²) in [5.41, 5.74) is 1.53. The number of amides is 3. The zero-order valence-corrected chi connectivity index (χ0v) is 16.3. The lowest BCUT2D eigenvalue weighted by Crippen LogP contribution is -2.41. The SMILES string of the molecule is CC(NC(=O)NCC(=O)Nc1ccccc1Br)c1ccc2c(c1)OCCO2. The zero-order chi connectivity index (χ0) is 19.2. The molecule has 3 amide bonds. The number of fused-ring (bicyclic) bond motifs is 1. The largest absolute Gasteiger partial charge is 0.486 e. The number of para-hydroxylation sites is 1. The van der Waals surface area contributed by atoms with Crippen LogP contribution in [0.15, 0.2) is 46.9 Å². The highest BCUT2D eigenvalue weighted by molar-refractivity contribution is 9.10. The van der Waals surface area contributed by atoms with E-state index >= 15 is 0 Å². The number of carbonyl (C=O) groups is 2. The Morgan fingerprint density at radius 1 is 1.11 bits per heavy atom. The summed E-state index contributed by atoms with van der Waals surface area (Å²) >= 11 is 3.36. The van der Waals surface area contributed by atoms with Crippen molar-refractivity contribution in [1.82, 2.24) is 10.6 Å². The molecule has 0 spiro atoms. The molecule has 0 aromatic heterocycles. The van der Waals surface area contributed by atoms with Gasteiger partial charge in [-0.15, -0.1) is 0 Å². The molecule has 0 aliphatic carbocycles. The van der Waals surface area contributed by atoms with Crippen LogP contribution in [0.1, 0.15) is 18.5 Å². The van der Waals surface area contributed by atoms with Gasteiger partial charge < -0.3 is 25.4 Å². The molecule has 1 aliphatic heterocycles. The molecule has 0 bridgehead atoms. The number of hydrogen-bond acceptors (Lipinski definition) is 4. The van der Waals surface area contributed by atoms with Crippen molar-refractivity contribution in [2.24, 2.45) is 0 Å². The van der Waals surface area contributed by atoms with E-state index in [-0.39, 0.29) is 18.5 Å². The number of carbonyl (C=O) groups excluding carboxylic acids is 2. The fraction of sp³-hybridized carbons (Fsp3) is 0.263. The molecule has 3 rings (SSSR count). The number of benzene rings is 2. The number of nitrogens with one attached hydrogen (secondary N) is 3. The highest BCUT2D eigenvalue weighted by atomic mass is 79.9. The molecule has 0 radical (unpaired) electrons. The molecule has 3 N–H and O–H groups in total. The number of anilines is 1. The second-order valence-corrected chi connectivity index (χ2v) is 6.83.